The van der Waals surface area contributed by atoms with Crippen LogP contribution in [0.3, 0.4) is 0 Å². The van der Waals surface area contributed by atoms with Gasteiger partial charge in [-0.15, -0.1) is 0 Å². The van der Waals surface area contributed by atoms with Crippen LogP contribution in [0.25, 0.3) is 0 Å². The summed E-state index contributed by atoms with van der Waals surface area (Å²) in [6.07, 6.45) is 10.2. The maximum atomic E-state index is 12.8. The molecule has 0 saturated heterocycles. The van der Waals surface area contributed by atoms with Gasteiger partial charge in [-0.3, -0.25) is 4.79 Å². The lowest BCUT2D eigenvalue weighted by Gasteiger charge is -2.37. The smallest absolute Gasteiger partial charge is 0.234 e. The van der Waals surface area contributed by atoms with Gasteiger partial charge in [0, 0.05) is 6.04 Å². The van der Waals surface area contributed by atoms with Crippen molar-refractivity contribution in [3.63, 3.8) is 0 Å². The Morgan fingerprint density at radius 2 is 2.00 bits per heavy atom. The number of oxime groups is 1. The minimum absolute atomic E-state index is 0.0285. The summed E-state index contributed by atoms with van der Waals surface area (Å²) in [5.41, 5.74) is 5.10. The number of amides is 1. The van der Waals surface area contributed by atoms with E-state index in [0.29, 0.717) is 12.8 Å². The van der Waals surface area contributed by atoms with Crippen molar-refractivity contribution in [3.05, 3.63) is 0 Å². The van der Waals surface area contributed by atoms with Crippen molar-refractivity contribution < 1.29 is 10.0 Å². The van der Waals surface area contributed by atoms with E-state index in [9.17, 15) is 4.79 Å². The summed E-state index contributed by atoms with van der Waals surface area (Å²) in [5, 5.41) is 15.4. The van der Waals surface area contributed by atoms with E-state index >= 15 is 0 Å². The van der Waals surface area contributed by atoms with Gasteiger partial charge in [0.2, 0.25) is 5.91 Å². The molecule has 0 spiro atoms. The first-order chi connectivity index (χ1) is 10.1. The van der Waals surface area contributed by atoms with Gasteiger partial charge in [0.15, 0.2) is 5.84 Å². The third kappa shape index (κ3) is 3.50. The zero-order valence-electron chi connectivity index (χ0n) is 13.1. The molecule has 5 heteroatoms. The van der Waals surface area contributed by atoms with Gasteiger partial charge in [-0.25, -0.2) is 0 Å². The maximum absolute atomic E-state index is 12.8. The van der Waals surface area contributed by atoms with Crippen LogP contribution in [0.5, 0.6) is 0 Å². The zero-order valence-corrected chi connectivity index (χ0v) is 13.1. The predicted octanol–water partition coefficient (Wildman–Crippen LogP) is 2.77. The first kappa shape index (κ1) is 16.1. The Labute approximate surface area is 127 Å². The first-order valence-corrected chi connectivity index (χ1v) is 8.41. The molecule has 4 N–H and O–H groups in total. The quantitative estimate of drug-likeness (QED) is 0.322. The fourth-order valence-corrected chi connectivity index (χ4v) is 3.97. The van der Waals surface area contributed by atoms with Crippen LogP contribution in [-0.4, -0.2) is 23.0 Å². The summed E-state index contributed by atoms with van der Waals surface area (Å²) in [6.45, 7) is 2.22. The molecule has 1 amide bonds. The van der Waals surface area contributed by atoms with Crippen LogP contribution in [-0.2, 0) is 4.79 Å². The summed E-state index contributed by atoms with van der Waals surface area (Å²) >= 11 is 0. The minimum atomic E-state index is -0.786. The maximum Gasteiger partial charge on any atom is 0.234 e. The largest absolute Gasteiger partial charge is 0.409 e. The first-order valence-electron chi connectivity index (χ1n) is 8.41. The molecule has 2 rings (SSSR count). The van der Waals surface area contributed by atoms with E-state index < -0.39 is 5.41 Å². The van der Waals surface area contributed by atoms with E-state index in [0.717, 1.165) is 38.0 Å². The Balaban J connectivity index is 2.05. The molecular weight excluding hydrogens is 266 g/mol. The van der Waals surface area contributed by atoms with Crippen LogP contribution in [0.15, 0.2) is 5.16 Å². The van der Waals surface area contributed by atoms with Gasteiger partial charge in [-0.2, -0.15) is 0 Å². The van der Waals surface area contributed by atoms with Crippen molar-refractivity contribution in [2.75, 3.05) is 0 Å². The van der Waals surface area contributed by atoms with Gasteiger partial charge >= 0.3 is 0 Å². The molecule has 0 bridgehead atoms. The van der Waals surface area contributed by atoms with Gasteiger partial charge < -0.3 is 16.3 Å². The van der Waals surface area contributed by atoms with E-state index in [-0.39, 0.29) is 17.8 Å². The molecule has 2 aliphatic rings. The number of amidine groups is 1. The Bertz CT molecular complexity index is 389. The summed E-state index contributed by atoms with van der Waals surface area (Å²) < 4.78 is 0. The van der Waals surface area contributed by atoms with Gasteiger partial charge in [-0.05, 0) is 31.6 Å². The lowest BCUT2D eigenvalue weighted by Crippen LogP contribution is -2.53. The van der Waals surface area contributed by atoms with Crippen LogP contribution in [0, 0.1) is 11.3 Å². The van der Waals surface area contributed by atoms with Crippen molar-refractivity contribution in [3.8, 4) is 0 Å². The topological polar surface area (TPSA) is 87.7 Å². The second-order valence-electron chi connectivity index (χ2n) is 6.74. The molecule has 5 nitrogen and oxygen atoms in total. The SMILES string of the molecule is CCC1CCCC(NC(=O)C2(C(N)=NO)CCCCC2)C1. The molecule has 2 unspecified atom stereocenters. The van der Waals surface area contributed by atoms with Gasteiger partial charge in [0.25, 0.3) is 0 Å². The van der Waals surface area contributed by atoms with E-state index in [1.807, 2.05) is 0 Å². The Morgan fingerprint density at radius 1 is 1.29 bits per heavy atom. The van der Waals surface area contributed by atoms with Crippen LogP contribution in [0.1, 0.15) is 71.1 Å². The summed E-state index contributed by atoms with van der Waals surface area (Å²) in [6, 6.07) is 0.251. The zero-order chi connectivity index (χ0) is 15.3. The number of hydrogen-bond donors (Lipinski definition) is 3. The van der Waals surface area contributed by atoms with Crippen LogP contribution in [0.4, 0.5) is 0 Å². The fraction of sp³-hybridized carbons (Fsp3) is 0.875. The van der Waals surface area contributed by atoms with Crippen molar-refractivity contribution in [1.29, 1.82) is 0 Å². The van der Waals surface area contributed by atoms with Gasteiger partial charge in [-0.1, -0.05) is 50.6 Å². The minimum Gasteiger partial charge on any atom is -0.409 e. The molecule has 0 aromatic heterocycles. The van der Waals surface area contributed by atoms with E-state index in [4.69, 9.17) is 10.9 Å². The number of carbonyl (C=O) groups excluding carboxylic acids is 1. The highest BCUT2D eigenvalue weighted by atomic mass is 16.4. The lowest BCUT2D eigenvalue weighted by atomic mass is 9.72. The average molecular weight is 295 g/mol. The molecule has 0 aromatic rings. The second kappa shape index (κ2) is 7.14. The van der Waals surface area contributed by atoms with E-state index in [1.165, 1.54) is 19.3 Å². The molecular formula is C16H29N3O2. The third-order valence-corrected chi connectivity index (χ3v) is 5.44. The Morgan fingerprint density at radius 3 is 2.62 bits per heavy atom. The molecule has 120 valence electrons. The molecule has 0 heterocycles. The second-order valence-corrected chi connectivity index (χ2v) is 6.74. The van der Waals surface area contributed by atoms with Crippen molar-refractivity contribution >= 4 is 11.7 Å². The summed E-state index contributed by atoms with van der Waals surface area (Å²) in [7, 11) is 0. The summed E-state index contributed by atoms with van der Waals surface area (Å²) in [5.74, 6) is 0.775. The Hall–Kier alpha value is -1.26. The van der Waals surface area contributed by atoms with Crippen LogP contribution in [0.2, 0.25) is 0 Å². The number of rotatable bonds is 4. The molecule has 21 heavy (non-hydrogen) atoms. The van der Waals surface area contributed by atoms with Crippen LogP contribution >= 0.6 is 0 Å². The Kier molecular flexibility index (Phi) is 5.48. The molecule has 2 aliphatic carbocycles. The van der Waals surface area contributed by atoms with Crippen molar-refractivity contribution in [2.24, 2.45) is 22.2 Å². The molecule has 0 aliphatic heterocycles. The average Bonchev–Trinajstić information content (AvgIpc) is 2.54. The fourth-order valence-electron chi connectivity index (χ4n) is 3.97. The number of carbonyl (C=O) groups is 1. The number of nitrogens with zero attached hydrogens (tertiary/aromatic N) is 1. The number of nitrogens with two attached hydrogens (primary N) is 1. The summed E-state index contributed by atoms with van der Waals surface area (Å²) in [4.78, 5) is 12.8. The molecule has 2 atom stereocenters. The standard InChI is InChI=1S/C16H29N3O2/c1-2-12-7-6-8-13(11-12)18-15(20)16(14(17)19-21)9-4-3-5-10-16/h12-13,21H,2-11H2,1H3,(H2,17,19)(H,18,20). The highest BCUT2D eigenvalue weighted by molar-refractivity contribution is 6.06. The molecule has 2 fully saturated rings. The van der Waals surface area contributed by atoms with Crippen molar-refractivity contribution in [1.82, 2.24) is 5.32 Å². The lowest BCUT2D eigenvalue weighted by molar-refractivity contribution is -0.130. The number of hydrogen-bond acceptors (Lipinski definition) is 3. The normalized spacial score (nSPS) is 29.9. The highest BCUT2D eigenvalue weighted by Crippen LogP contribution is 2.37. The molecule has 0 aromatic carbocycles. The van der Waals surface area contributed by atoms with Crippen LogP contribution < -0.4 is 11.1 Å². The molecule has 2 saturated carbocycles. The van der Waals surface area contributed by atoms with Crippen molar-refractivity contribution in [2.45, 2.75) is 77.2 Å². The predicted molar refractivity (Wildman–Crippen MR) is 83.1 cm³/mol. The number of nitrogens with one attached hydrogen (secondary N) is 1. The van der Waals surface area contributed by atoms with E-state index in [2.05, 4.69) is 17.4 Å². The van der Waals surface area contributed by atoms with E-state index in [1.54, 1.807) is 0 Å². The monoisotopic (exact) mass is 295 g/mol. The molecule has 0 radical (unpaired) electrons. The highest BCUT2D eigenvalue weighted by Gasteiger charge is 2.44. The third-order valence-electron chi connectivity index (χ3n) is 5.44. The van der Waals surface area contributed by atoms with Gasteiger partial charge in [0.05, 0.1) is 0 Å². The van der Waals surface area contributed by atoms with Gasteiger partial charge in [0.1, 0.15) is 5.41 Å².